The number of carbonyl (C=O) groups is 1. The van der Waals surface area contributed by atoms with Crippen molar-refractivity contribution in [1.29, 1.82) is 0 Å². The first-order chi connectivity index (χ1) is 15.6. The highest BCUT2D eigenvalue weighted by Crippen LogP contribution is 2.38. The number of aryl methyl sites for hydroxylation is 3. The van der Waals surface area contributed by atoms with Crippen LogP contribution in [0, 0.1) is 12.8 Å². The van der Waals surface area contributed by atoms with Gasteiger partial charge < -0.3 is 10.0 Å². The van der Waals surface area contributed by atoms with Crippen LogP contribution in [0.25, 0.3) is 5.57 Å². The topological polar surface area (TPSA) is 53.4 Å². The molecule has 0 spiro atoms. The third-order valence-electron chi connectivity index (χ3n) is 7.70. The maximum Gasteiger partial charge on any atom is 0.251 e. The first-order valence-electron chi connectivity index (χ1n) is 12.3. The van der Waals surface area contributed by atoms with Crippen LogP contribution < -0.4 is 0 Å². The Morgan fingerprint density at radius 2 is 1.78 bits per heavy atom. The second kappa shape index (κ2) is 9.19. The number of aliphatic hydroxyl groups is 1. The number of rotatable bonds is 2. The van der Waals surface area contributed by atoms with Crippen LogP contribution in [0.3, 0.4) is 0 Å². The minimum absolute atomic E-state index is 0.0589. The summed E-state index contributed by atoms with van der Waals surface area (Å²) < 4.78 is 0. The van der Waals surface area contributed by atoms with E-state index in [0.717, 1.165) is 57.1 Å². The fourth-order valence-electron chi connectivity index (χ4n) is 5.88. The molecule has 1 aliphatic heterocycles. The highest BCUT2D eigenvalue weighted by Gasteiger charge is 2.33. The number of aliphatic hydroxyl groups excluding tert-OH is 1. The van der Waals surface area contributed by atoms with Gasteiger partial charge in [0.15, 0.2) is 0 Å². The molecule has 1 N–H and O–H groups in total. The summed E-state index contributed by atoms with van der Waals surface area (Å²) in [6, 6.07) is 11.0. The van der Waals surface area contributed by atoms with E-state index in [1.165, 1.54) is 39.8 Å². The fraction of sp³-hybridized carbons (Fsp3) is 0.500. The van der Waals surface area contributed by atoms with Crippen LogP contribution in [0.5, 0.6) is 0 Å². The maximum atomic E-state index is 13.0. The van der Waals surface area contributed by atoms with Gasteiger partial charge in [0.1, 0.15) is 6.10 Å². The molecule has 168 valence electrons. The van der Waals surface area contributed by atoms with Gasteiger partial charge in [0, 0.05) is 24.9 Å². The molecule has 4 nitrogen and oxygen atoms in total. The standard InChI is InChI=1S/C28H34N2O2/c1-19-9-12-24-23(18-19)11-10-21-8-5-15-29-26(21)25(24)20-13-16-30(17-14-20)28(32)27(31)22-6-3-2-4-7-22/h5,8-9,12,15,18,22,27,31H,2-4,6-7,10-11,13-14,16-17H2,1H3/t27-/m1/s1. The molecule has 4 heteroatoms. The predicted molar refractivity (Wildman–Crippen MR) is 127 cm³/mol. The zero-order valence-corrected chi connectivity index (χ0v) is 19.1. The molecule has 1 saturated heterocycles. The number of fused-ring (bicyclic) bond motifs is 2. The van der Waals surface area contributed by atoms with Crippen molar-refractivity contribution >= 4 is 11.5 Å². The lowest BCUT2D eigenvalue weighted by Gasteiger charge is -2.34. The minimum Gasteiger partial charge on any atom is -0.383 e. The van der Waals surface area contributed by atoms with E-state index in [1.807, 2.05) is 17.2 Å². The summed E-state index contributed by atoms with van der Waals surface area (Å²) in [5.41, 5.74) is 9.12. The number of aromatic nitrogens is 1. The summed E-state index contributed by atoms with van der Waals surface area (Å²) in [7, 11) is 0. The Morgan fingerprint density at radius 1 is 1.03 bits per heavy atom. The van der Waals surface area contributed by atoms with Crippen molar-refractivity contribution in [3.05, 3.63) is 70.0 Å². The molecule has 0 bridgehead atoms. The van der Waals surface area contributed by atoms with Gasteiger partial charge in [-0.05, 0) is 74.1 Å². The summed E-state index contributed by atoms with van der Waals surface area (Å²) in [5, 5.41) is 10.7. The monoisotopic (exact) mass is 430 g/mol. The first kappa shape index (κ1) is 21.4. The molecular weight excluding hydrogens is 396 g/mol. The van der Waals surface area contributed by atoms with Gasteiger partial charge in [-0.3, -0.25) is 9.78 Å². The van der Waals surface area contributed by atoms with Crippen molar-refractivity contribution in [2.75, 3.05) is 13.1 Å². The lowest BCUT2D eigenvalue weighted by molar-refractivity contribution is -0.144. The average Bonchev–Trinajstić information content (AvgIpc) is 3.00. The van der Waals surface area contributed by atoms with Crippen molar-refractivity contribution in [2.45, 2.75) is 70.8 Å². The van der Waals surface area contributed by atoms with Crippen LogP contribution >= 0.6 is 0 Å². The van der Waals surface area contributed by atoms with E-state index in [1.54, 1.807) is 0 Å². The molecule has 1 saturated carbocycles. The first-order valence-corrected chi connectivity index (χ1v) is 12.3. The Bertz CT molecular complexity index is 1030. The quantitative estimate of drug-likeness (QED) is 0.741. The van der Waals surface area contributed by atoms with Gasteiger partial charge in [0.25, 0.3) is 5.91 Å². The molecule has 5 rings (SSSR count). The van der Waals surface area contributed by atoms with E-state index in [0.29, 0.717) is 13.1 Å². The third-order valence-corrected chi connectivity index (χ3v) is 7.70. The van der Waals surface area contributed by atoms with Gasteiger partial charge in [-0.25, -0.2) is 0 Å². The van der Waals surface area contributed by atoms with Crippen LogP contribution in [0.15, 0.2) is 42.1 Å². The van der Waals surface area contributed by atoms with E-state index < -0.39 is 6.10 Å². The highest BCUT2D eigenvalue weighted by atomic mass is 16.3. The highest BCUT2D eigenvalue weighted by molar-refractivity contribution is 5.85. The molecule has 3 aliphatic rings. The van der Waals surface area contributed by atoms with Crippen molar-refractivity contribution in [3.63, 3.8) is 0 Å². The van der Waals surface area contributed by atoms with Crippen molar-refractivity contribution in [2.24, 2.45) is 5.92 Å². The Kier molecular flexibility index (Phi) is 6.14. The summed E-state index contributed by atoms with van der Waals surface area (Å²) in [4.78, 5) is 19.7. The molecule has 2 aliphatic carbocycles. The van der Waals surface area contributed by atoms with E-state index in [4.69, 9.17) is 4.98 Å². The minimum atomic E-state index is -0.825. The number of hydrogen-bond donors (Lipinski definition) is 1. The molecule has 2 aromatic rings. The van der Waals surface area contributed by atoms with Gasteiger partial charge in [-0.1, -0.05) is 54.7 Å². The maximum absolute atomic E-state index is 13.0. The normalized spacial score (nSPS) is 20.4. The van der Waals surface area contributed by atoms with Crippen LogP contribution in [-0.4, -0.2) is 40.1 Å². The molecule has 2 fully saturated rings. The van der Waals surface area contributed by atoms with Gasteiger partial charge in [0.2, 0.25) is 0 Å². The Hall–Kier alpha value is -2.46. The van der Waals surface area contributed by atoms with E-state index in [2.05, 4.69) is 31.2 Å². The smallest absolute Gasteiger partial charge is 0.251 e. The second-order valence-corrected chi connectivity index (χ2v) is 9.82. The SMILES string of the molecule is Cc1ccc2c(c1)CCc1cccnc1C2=C1CCN(C(=O)[C@H](O)C2CCCCC2)CC1. The molecule has 1 aromatic carbocycles. The molecule has 0 radical (unpaired) electrons. The summed E-state index contributed by atoms with van der Waals surface area (Å²) in [6.45, 7) is 3.53. The number of likely N-dealkylation sites (tertiary alicyclic amines) is 1. The van der Waals surface area contributed by atoms with Gasteiger partial charge in [0.05, 0.1) is 5.69 Å². The fourth-order valence-corrected chi connectivity index (χ4v) is 5.88. The molecule has 2 heterocycles. The molecule has 1 atom stereocenters. The number of amides is 1. The van der Waals surface area contributed by atoms with Gasteiger partial charge in [-0.15, -0.1) is 0 Å². The third kappa shape index (κ3) is 4.13. The zero-order chi connectivity index (χ0) is 22.1. The largest absolute Gasteiger partial charge is 0.383 e. The Balaban J connectivity index is 1.42. The van der Waals surface area contributed by atoms with Crippen LogP contribution in [0.4, 0.5) is 0 Å². The average molecular weight is 431 g/mol. The van der Waals surface area contributed by atoms with Crippen molar-refractivity contribution in [3.8, 4) is 0 Å². The number of hydrogen-bond acceptors (Lipinski definition) is 3. The summed E-state index contributed by atoms with van der Waals surface area (Å²) >= 11 is 0. The molecule has 1 amide bonds. The van der Waals surface area contributed by atoms with Crippen molar-refractivity contribution < 1.29 is 9.90 Å². The van der Waals surface area contributed by atoms with E-state index >= 15 is 0 Å². The molecule has 0 unspecified atom stereocenters. The number of benzene rings is 1. The van der Waals surface area contributed by atoms with Gasteiger partial charge in [-0.2, -0.15) is 0 Å². The Morgan fingerprint density at radius 3 is 2.56 bits per heavy atom. The summed E-state index contributed by atoms with van der Waals surface area (Å²) in [6.07, 6.45) is 10.3. The molecule has 32 heavy (non-hydrogen) atoms. The van der Waals surface area contributed by atoms with Crippen LogP contribution in [0.1, 0.15) is 72.9 Å². The summed E-state index contributed by atoms with van der Waals surface area (Å²) in [5.74, 6) is 0.0837. The Labute approximate surface area is 191 Å². The number of pyridine rings is 1. The predicted octanol–water partition coefficient (Wildman–Crippen LogP) is 4.85. The van der Waals surface area contributed by atoms with Crippen LogP contribution in [-0.2, 0) is 17.6 Å². The second-order valence-electron chi connectivity index (χ2n) is 9.82. The lowest BCUT2D eigenvalue weighted by atomic mass is 9.84. The van der Waals surface area contributed by atoms with E-state index in [-0.39, 0.29) is 11.8 Å². The number of piperidine rings is 1. The zero-order valence-electron chi connectivity index (χ0n) is 19.1. The lowest BCUT2D eigenvalue weighted by Crippen LogP contribution is -2.45. The number of nitrogens with zero attached hydrogens (tertiary/aromatic N) is 2. The van der Waals surface area contributed by atoms with Crippen LogP contribution in [0.2, 0.25) is 0 Å². The van der Waals surface area contributed by atoms with E-state index in [9.17, 15) is 9.90 Å². The number of carbonyl (C=O) groups excluding carboxylic acids is 1. The van der Waals surface area contributed by atoms with Gasteiger partial charge >= 0.3 is 0 Å². The molecular formula is C28H34N2O2. The van der Waals surface area contributed by atoms with Crippen molar-refractivity contribution in [1.82, 2.24) is 9.88 Å². The molecule has 1 aromatic heterocycles.